The molecule has 27 heavy (non-hydrogen) atoms. The zero-order valence-electron chi connectivity index (χ0n) is 15.9. The van der Waals surface area contributed by atoms with Gasteiger partial charge in [0.25, 0.3) is 5.91 Å². The van der Waals surface area contributed by atoms with Gasteiger partial charge in [0.1, 0.15) is 0 Å². The molecule has 2 aromatic carbocycles. The molecule has 0 fully saturated rings. The molecule has 2 aromatic rings. The average Bonchev–Trinajstić information content (AvgIpc) is 2.89. The number of rotatable bonds is 5. The number of hydrogen-bond donors (Lipinski definition) is 2. The van der Waals surface area contributed by atoms with Gasteiger partial charge >= 0.3 is 0 Å². The number of carbonyl (C=O) groups is 2. The van der Waals surface area contributed by atoms with Gasteiger partial charge in [-0.2, -0.15) is 0 Å². The number of hydrogen-bond acceptors (Lipinski definition) is 2. The summed E-state index contributed by atoms with van der Waals surface area (Å²) in [5.74, 6) is -0.0772. The Balaban J connectivity index is 1.60. The van der Waals surface area contributed by atoms with Crippen molar-refractivity contribution in [2.45, 2.75) is 26.7 Å². The second kappa shape index (κ2) is 8.04. The van der Waals surface area contributed by atoms with Crippen molar-refractivity contribution in [2.24, 2.45) is 0 Å². The van der Waals surface area contributed by atoms with Gasteiger partial charge in [-0.05, 0) is 37.1 Å². The molecule has 0 bridgehead atoms. The minimum absolute atomic E-state index is 0.100. The van der Waals surface area contributed by atoms with Gasteiger partial charge in [0.2, 0.25) is 5.91 Å². The first kappa shape index (κ1) is 18.6. The Morgan fingerprint density at radius 3 is 2.56 bits per heavy atom. The molecule has 1 aliphatic rings. The van der Waals surface area contributed by atoms with E-state index in [1.807, 2.05) is 44.2 Å². The van der Waals surface area contributed by atoms with E-state index in [0.29, 0.717) is 6.54 Å². The van der Waals surface area contributed by atoms with Crippen molar-refractivity contribution in [2.75, 3.05) is 11.9 Å². The molecule has 3 rings (SSSR count). The highest BCUT2D eigenvalue weighted by atomic mass is 16.2. The molecule has 0 saturated carbocycles. The van der Waals surface area contributed by atoms with Crippen LogP contribution in [-0.2, 0) is 9.59 Å². The van der Waals surface area contributed by atoms with Crippen molar-refractivity contribution < 1.29 is 9.59 Å². The van der Waals surface area contributed by atoms with Crippen LogP contribution in [0.4, 0.5) is 5.69 Å². The van der Waals surface area contributed by atoms with E-state index in [2.05, 4.69) is 35.8 Å². The van der Waals surface area contributed by atoms with E-state index in [4.69, 9.17) is 0 Å². The Morgan fingerprint density at radius 2 is 1.81 bits per heavy atom. The van der Waals surface area contributed by atoms with Crippen molar-refractivity contribution in [3.63, 3.8) is 0 Å². The number of allylic oxidation sites excluding steroid dienone is 1. The lowest BCUT2D eigenvalue weighted by atomic mass is 9.98. The molecule has 0 spiro atoms. The number of amides is 2. The predicted octanol–water partition coefficient (Wildman–Crippen LogP) is 4.20. The maximum atomic E-state index is 12.7. The number of aryl methyl sites for hydroxylation is 1. The fourth-order valence-electron chi connectivity index (χ4n) is 3.34. The highest BCUT2D eigenvalue weighted by molar-refractivity contribution is 6.22. The summed E-state index contributed by atoms with van der Waals surface area (Å²) < 4.78 is 0. The van der Waals surface area contributed by atoms with Crippen molar-refractivity contribution in [1.29, 1.82) is 0 Å². The Labute approximate surface area is 160 Å². The Morgan fingerprint density at radius 1 is 1.07 bits per heavy atom. The van der Waals surface area contributed by atoms with Crippen LogP contribution in [-0.4, -0.2) is 18.4 Å². The van der Waals surface area contributed by atoms with Crippen LogP contribution in [0.15, 0.2) is 66.3 Å². The minimum atomic E-state index is -0.221. The molecule has 0 saturated heterocycles. The molecule has 0 aromatic heterocycles. The number of fused-ring (bicyclic) bond motifs is 1. The minimum Gasteiger partial charge on any atom is -0.349 e. The maximum Gasteiger partial charge on any atom is 0.252 e. The van der Waals surface area contributed by atoms with Crippen LogP contribution in [0.2, 0.25) is 0 Å². The summed E-state index contributed by atoms with van der Waals surface area (Å²) in [6, 6.07) is 15.5. The monoisotopic (exact) mass is 360 g/mol. The maximum absolute atomic E-state index is 12.7. The number of anilines is 1. The first-order valence-corrected chi connectivity index (χ1v) is 9.10. The highest BCUT2D eigenvalue weighted by Gasteiger charge is 2.29. The van der Waals surface area contributed by atoms with Crippen molar-refractivity contribution >= 4 is 23.1 Å². The number of nitrogens with one attached hydrogen (secondary N) is 2. The van der Waals surface area contributed by atoms with Crippen LogP contribution < -0.4 is 10.6 Å². The van der Waals surface area contributed by atoms with Crippen LogP contribution in [0.3, 0.4) is 0 Å². The standard InChI is InChI=1S/C23H24N2O2/c1-15-11-12-19-16(2)17(3)22(20(19)14-15)23(27)24-13-7-10-21(26)25-18-8-5-4-6-9-18/h4-12,14,16H,13H2,1-3H3,(H,24,27)(H,25,26)/b10-7+. The molecule has 4 nitrogen and oxygen atoms in total. The predicted molar refractivity (Wildman–Crippen MR) is 109 cm³/mol. The first-order valence-electron chi connectivity index (χ1n) is 9.10. The summed E-state index contributed by atoms with van der Waals surface area (Å²) in [5.41, 5.74) is 5.92. The summed E-state index contributed by atoms with van der Waals surface area (Å²) >= 11 is 0. The molecular formula is C23H24N2O2. The lowest BCUT2D eigenvalue weighted by Crippen LogP contribution is -2.24. The van der Waals surface area contributed by atoms with E-state index in [9.17, 15) is 9.59 Å². The summed E-state index contributed by atoms with van der Waals surface area (Å²) in [4.78, 5) is 24.6. The van der Waals surface area contributed by atoms with E-state index in [1.165, 1.54) is 11.6 Å². The lowest BCUT2D eigenvalue weighted by molar-refractivity contribution is -0.115. The smallest absolute Gasteiger partial charge is 0.252 e. The molecule has 0 aliphatic heterocycles. The molecule has 138 valence electrons. The summed E-state index contributed by atoms with van der Waals surface area (Å²) in [6.07, 6.45) is 3.09. The number of carbonyl (C=O) groups excluding carboxylic acids is 2. The number of benzene rings is 2. The quantitative estimate of drug-likeness (QED) is 0.785. The van der Waals surface area contributed by atoms with E-state index >= 15 is 0 Å². The molecule has 0 radical (unpaired) electrons. The molecule has 1 atom stereocenters. The Kier molecular flexibility index (Phi) is 5.55. The molecule has 2 amide bonds. The lowest BCUT2D eigenvalue weighted by Gasteiger charge is -2.08. The van der Waals surface area contributed by atoms with Gasteiger partial charge in [0.05, 0.1) is 0 Å². The summed E-state index contributed by atoms with van der Waals surface area (Å²) in [7, 11) is 0. The van der Waals surface area contributed by atoms with Gasteiger partial charge in [-0.1, -0.05) is 60.5 Å². The second-order valence-electron chi connectivity index (χ2n) is 6.84. The van der Waals surface area contributed by atoms with Crippen molar-refractivity contribution in [3.8, 4) is 0 Å². The van der Waals surface area contributed by atoms with Gasteiger partial charge in [-0.25, -0.2) is 0 Å². The molecule has 2 N–H and O–H groups in total. The fraction of sp³-hybridized carbons (Fsp3) is 0.217. The van der Waals surface area contributed by atoms with Crippen LogP contribution in [0.5, 0.6) is 0 Å². The molecule has 4 heteroatoms. The third kappa shape index (κ3) is 4.17. The molecule has 0 heterocycles. The first-order chi connectivity index (χ1) is 13.0. The van der Waals surface area contributed by atoms with Gasteiger partial charge in [0, 0.05) is 29.8 Å². The van der Waals surface area contributed by atoms with Gasteiger partial charge in [0.15, 0.2) is 0 Å². The van der Waals surface area contributed by atoms with Crippen LogP contribution in [0.1, 0.15) is 36.5 Å². The fourth-order valence-corrected chi connectivity index (χ4v) is 3.34. The zero-order chi connectivity index (χ0) is 19.4. The Hall–Kier alpha value is -3.14. The van der Waals surface area contributed by atoms with Crippen LogP contribution in [0, 0.1) is 6.92 Å². The van der Waals surface area contributed by atoms with Gasteiger partial charge < -0.3 is 10.6 Å². The average molecular weight is 360 g/mol. The third-order valence-electron chi connectivity index (χ3n) is 4.91. The Bertz CT molecular complexity index is 927. The topological polar surface area (TPSA) is 58.2 Å². The van der Waals surface area contributed by atoms with E-state index < -0.39 is 0 Å². The summed E-state index contributed by atoms with van der Waals surface area (Å²) in [5, 5.41) is 5.66. The van der Waals surface area contributed by atoms with Gasteiger partial charge in [-0.3, -0.25) is 9.59 Å². The number of para-hydroxylation sites is 1. The van der Waals surface area contributed by atoms with Gasteiger partial charge in [-0.15, -0.1) is 0 Å². The van der Waals surface area contributed by atoms with Crippen molar-refractivity contribution in [3.05, 3.63) is 82.9 Å². The zero-order valence-corrected chi connectivity index (χ0v) is 15.9. The van der Waals surface area contributed by atoms with E-state index in [-0.39, 0.29) is 17.7 Å². The molecule has 1 unspecified atom stereocenters. The third-order valence-corrected chi connectivity index (χ3v) is 4.91. The van der Waals surface area contributed by atoms with E-state index in [1.54, 1.807) is 6.08 Å². The summed E-state index contributed by atoms with van der Waals surface area (Å²) in [6.45, 7) is 6.46. The largest absolute Gasteiger partial charge is 0.349 e. The highest BCUT2D eigenvalue weighted by Crippen LogP contribution is 2.41. The van der Waals surface area contributed by atoms with Crippen LogP contribution in [0.25, 0.3) is 5.57 Å². The second-order valence-corrected chi connectivity index (χ2v) is 6.84. The normalized spacial score (nSPS) is 15.7. The van der Waals surface area contributed by atoms with E-state index in [0.717, 1.165) is 28.0 Å². The van der Waals surface area contributed by atoms with Crippen LogP contribution >= 0.6 is 0 Å². The molecule has 1 aliphatic carbocycles. The SMILES string of the molecule is CC1=C(C(=O)NC/C=C/C(=O)Nc2ccccc2)c2cc(C)ccc2C1C. The van der Waals surface area contributed by atoms with Crippen molar-refractivity contribution in [1.82, 2.24) is 5.32 Å². The molecular weight excluding hydrogens is 336 g/mol.